The molecule has 0 radical (unpaired) electrons. The van der Waals surface area contributed by atoms with Crippen molar-refractivity contribution >= 4 is 29.7 Å². The van der Waals surface area contributed by atoms with Gasteiger partial charge in [0, 0.05) is 11.2 Å². The SMILES string of the molecule is CC(C)(C)NC(=O)NC(=O)COC(=O)c1cccc(NC(=O)OC(C)(C)C)c1. The van der Waals surface area contributed by atoms with Gasteiger partial charge in [0.15, 0.2) is 6.61 Å². The fourth-order valence-electron chi connectivity index (χ4n) is 1.89. The Hall–Kier alpha value is -3.10. The first kappa shape index (κ1) is 22.9. The van der Waals surface area contributed by atoms with E-state index < -0.39 is 41.7 Å². The van der Waals surface area contributed by atoms with E-state index >= 15 is 0 Å². The summed E-state index contributed by atoms with van der Waals surface area (Å²) >= 11 is 0. The third-order valence-corrected chi connectivity index (χ3v) is 2.82. The van der Waals surface area contributed by atoms with Crippen LogP contribution in [0, 0.1) is 0 Å². The van der Waals surface area contributed by atoms with Crippen LogP contribution in [0.15, 0.2) is 24.3 Å². The summed E-state index contributed by atoms with van der Waals surface area (Å²) in [5, 5.41) is 7.12. The number of amides is 4. The molecule has 0 aliphatic rings. The summed E-state index contributed by atoms with van der Waals surface area (Å²) < 4.78 is 10.0. The second kappa shape index (κ2) is 9.20. The quantitative estimate of drug-likeness (QED) is 0.676. The van der Waals surface area contributed by atoms with Crippen LogP contribution < -0.4 is 16.0 Å². The molecule has 0 aliphatic heterocycles. The van der Waals surface area contributed by atoms with Crippen LogP contribution in [0.5, 0.6) is 0 Å². The lowest BCUT2D eigenvalue weighted by molar-refractivity contribution is -0.123. The lowest BCUT2D eigenvalue weighted by Gasteiger charge is -2.20. The Labute approximate surface area is 164 Å². The predicted octanol–water partition coefficient (Wildman–Crippen LogP) is 2.81. The van der Waals surface area contributed by atoms with Crippen molar-refractivity contribution in [2.75, 3.05) is 11.9 Å². The van der Waals surface area contributed by atoms with Gasteiger partial charge in [-0.15, -0.1) is 0 Å². The van der Waals surface area contributed by atoms with Crippen molar-refractivity contribution in [3.63, 3.8) is 0 Å². The van der Waals surface area contributed by atoms with E-state index in [1.54, 1.807) is 53.7 Å². The van der Waals surface area contributed by atoms with E-state index in [1.165, 1.54) is 12.1 Å². The molecular formula is C19H27N3O6. The molecule has 154 valence electrons. The monoisotopic (exact) mass is 393 g/mol. The molecule has 9 nitrogen and oxygen atoms in total. The summed E-state index contributed by atoms with van der Waals surface area (Å²) in [5.41, 5.74) is -0.714. The van der Waals surface area contributed by atoms with Gasteiger partial charge in [-0.1, -0.05) is 6.07 Å². The topological polar surface area (TPSA) is 123 Å². The second-order valence-electron chi connectivity index (χ2n) is 8.04. The number of ether oxygens (including phenoxy) is 2. The highest BCUT2D eigenvalue weighted by Gasteiger charge is 2.18. The van der Waals surface area contributed by atoms with Crippen LogP contribution in [0.25, 0.3) is 0 Å². The molecule has 3 N–H and O–H groups in total. The summed E-state index contributed by atoms with van der Waals surface area (Å²) in [7, 11) is 0. The van der Waals surface area contributed by atoms with Gasteiger partial charge < -0.3 is 14.8 Å². The molecule has 28 heavy (non-hydrogen) atoms. The molecule has 1 aromatic rings. The molecule has 0 aliphatic carbocycles. The molecule has 0 saturated heterocycles. The highest BCUT2D eigenvalue weighted by atomic mass is 16.6. The Morgan fingerprint density at radius 1 is 1.00 bits per heavy atom. The number of rotatable bonds is 4. The minimum atomic E-state index is -0.779. The van der Waals surface area contributed by atoms with Crippen LogP contribution in [-0.4, -0.2) is 41.7 Å². The van der Waals surface area contributed by atoms with Crippen LogP contribution in [-0.2, 0) is 14.3 Å². The van der Waals surface area contributed by atoms with E-state index in [0.29, 0.717) is 5.69 Å². The number of esters is 1. The molecule has 0 heterocycles. The van der Waals surface area contributed by atoms with E-state index in [0.717, 1.165) is 0 Å². The number of hydrogen-bond acceptors (Lipinski definition) is 6. The zero-order valence-corrected chi connectivity index (χ0v) is 17.0. The summed E-state index contributed by atoms with van der Waals surface area (Å²) in [5.74, 6) is -1.54. The van der Waals surface area contributed by atoms with Crippen molar-refractivity contribution in [1.29, 1.82) is 0 Å². The van der Waals surface area contributed by atoms with Crippen LogP contribution in [0.3, 0.4) is 0 Å². The molecular weight excluding hydrogens is 366 g/mol. The van der Waals surface area contributed by atoms with Gasteiger partial charge in [-0.25, -0.2) is 14.4 Å². The molecule has 9 heteroatoms. The van der Waals surface area contributed by atoms with Crippen LogP contribution in [0.1, 0.15) is 51.9 Å². The van der Waals surface area contributed by atoms with Gasteiger partial charge in [0.25, 0.3) is 5.91 Å². The average Bonchev–Trinajstić information content (AvgIpc) is 2.48. The highest BCUT2D eigenvalue weighted by molar-refractivity contribution is 5.97. The van der Waals surface area contributed by atoms with Gasteiger partial charge >= 0.3 is 18.1 Å². The molecule has 0 fully saturated rings. The number of benzene rings is 1. The number of carbonyl (C=O) groups is 4. The van der Waals surface area contributed by atoms with E-state index in [4.69, 9.17) is 9.47 Å². The average molecular weight is 393 g/mol. The number of hydrogen-bond donors (Lipinski definition) is 3. The lowest BCUT2D eigenvalue weighted by Crippen LogP contribution is -2.49. The van der Waals surface area contributed by atoms with Crippen LogP contribution in [0.2, 0.25) is 0 Å². The van der Waals surface area contributed by atoms with Gasteiger partial charge in [0.1, 0.15) is 5.60 Å². The number of carbonyl (C=O) groups excluding carboxylic acids is 4. The zero-order valence-electron chi connectivity index (χ0n) is 17.0. The first-order valence-electron chi connectivity index (χ1n) is 8.64. The molecule has 0 saturated carbocycles. The molecule has 0 spiro atoms. The number of nitrogens with one attached hydrogen (secondary N) is 3. The van der Waals surface area contributed by atoms with Crippen molar-refractivity contribution < 1.29 is 28.7 Å². The van der Waals surface area contributed by atoms with Gasteiger partial charge in [0.05, 0.1) is 5.56 Å². The maximum atomic E-state index is 12.1. The standard InChI is InChI=1S/C19H27N3O6/c1-18(2,3)22-16(25)21-14(23)11-27-15(24)12-8-7-9-13(10-12)20-17(26)28-19(4,5)6/h7-10H,11H2,1-6H3,(H,20,26)(H2,21,22,23,25). The maximum Gasteiger partial charge on any atom is 0.412 e. The van der Waals surface area contributed by atoms with Crippen molar-refractivity contribution in [3.05, 3.63) is 29.8 Å². The Morgan fingerprint density at radius 2 is 1.64 bits per heavy atom. The van der Waals surface area contributed by atoms with Crippen LogP contribution in [0.4, 0.5) is 15.3 Å². The third-order valence-electron chi connectivity index (χ3n) is 2.82. The number of imide groups is 1. The largest absolute Gasteiger partial charge is 0.452 e. The van der Waals surface area contributed by atoms with Crippen molar-refractivity contribution in [3.8, 4) is 0 Å². The van der Waals surface area contributed by atoms with E-state index in [-0.39, 0.29) is 5.56 Å². The van der Waals surface area contributed by atoms with E-state index in [9.17, 15) is 19.2 Å². The Bertz CT molecular complexity index is 747. The predicted molar refractivity (Wildman–Crippen MR) is 103 cm³/mol. The molecule has 0 atom stereocenters. The smallest absolute Gasteiger partial charge is 0.412 e. The Kier molecular flexibility index (Phi) is 7.54. The Morgan fingerprint density at radius 3 is 2.21 bits per heavy atom. The minimum Gasteiger partial charge on any atom is -0.452 e. The first-order chi connectivity index (χ1) is 12.7. The lowest BCUT2D eigenvalue weighted by atomic mass is 10.1. The van der Waals surface area contributed by atoms with Gasteiger partial charge in [-0.05, 0) is 59.7 Å². The normalized spacial score (nSPS) is 11.2. The van der Waals surface area contributed by atoms with Crippen LogP contribution >= 0.6 is 0 Å². The first-order valence-corrected chi connectivity index (χ1v) is 8.64. The van der Waals surface area contributed by atoms with Crippen molar-refractivity contribution in [1.82, 2.24) is 10.6 Å². The van der Waals surface area contributed by atoms with Crippen molar-refractivity contribution in [2.24, 2.45) is 0 Å². The minimum absolute atomic E-state index is 0.125. The molecule has 1 aromatic carbocycles. The summed E-state index contributed by atoms with van der Waals surface area (Å²) in [6.45, 7) is 9.84. The number of anilines is 1. The summed E-state index contributed by atoms with van der Waals surface area (Å²) in [4.78, 5) is 47.2. The molecule has 1 rings (SSSR count). The summed E-state index contributed by atoms with van der Waals surface area (Å²) in [6, 6.07) is 5.28. The fraction of sp³-hybridized carbons (Fsp3) is 0.474. The van der Waals surface area contributed by atoms with E-state index in [2.05, 4.69) is 16.0 Å². The third kappa shape index (κ3) is 9.56. The highest BCUT2D eigenvalue weighted by Crippen LogP contribution is 2.14. The molecule has 4 amide bonds. The van der Waals surface area contributed by atoms with Gasteiger partial charge in [-0.2, -0.15) is 0 Å². The van der Waals surface area contributed by atoms with Gasteiger partial charge in [-0.3, -0.25) is 15.4 Å². The fourth-order valence-corrected chi connectivity index (χ4v) is 1.89. The molecule has 0 aromatic heterocycles. The summed E-state index contributed by atoms with van der Waals surface area (Å²) in [6.07, 6.45) is -0.665. The number of urea groups is 1. The van der Waals surface area contributed by atoms with E-state index in [1.807, 2.05) is 0 Å². The Balaban J connectivity index is 2.58. The maximum absolute atomic E-state index is 12.1. The van der Waals surface area contributed by atoms with Crippen molar-refractivity contribution in [2.45, 2.75) is 52.7 Å². The van der Waals surface area contributed by atoms with Gasteiger partial charge in [0.2, 0.25) is 0 Å². The second-order valence-corrected chi connectivity index (χ2v) is 8.04. The zero-order chi connectivity index (χ0) is 21.5. The molecule has 0 bridgehead atoms. The molecule has 0 unspecified atom stereocenters.